The van der Waals surface area contributed by atoms with Crippen molar-refractivity contribution in [3.63, 3.8) is 0 Å². The molecule has 0 saturated heterocycles. The largest absolute Gasteiger partial charge is 0.328 e. The Morgan fingerprint density at radius 3 is 2.83 bits per heavy atom. The van der Waals surface area contributed by atoms with Gasteiger partial charge in [0, 0.05) is 18.2 Å². The van der Waals surface area contributed by atoms with E-state index in [1.165, 1.54) is 0 Å². The van der Waals surface area contributed by atoms with Crippen molar-refractivity contribution in [3.05, 3.63) is 30.1 Å². The Kier molecular flexibility index (Phi) is 3.38. The highest BCUT2D eigenvalue weighted by Crippen LogP contribution is 2.40. The summed E-state index contributed by atoms with van der Waals surface area (Å²) in [5, 5.41) is 0. The Morgan fingerprint density at radius 1 is 1.67 bits per heavy atom. The molecular formula is C8H10ClNOS. The first-order chi connectivity index (χ1) is 5.73. The summed E-state index contributed by atoms with van der Waals surface area (Å²) in [4.78, 5) is 4.08. The molecule has 12 heavy (non-hydrogen) atoms. The van der Waals surface area contributed by atoms with Crippen LogP contribution >= 0.6 is 23.6 Å². The third-order valence-corrected chi connectivity index (χ3v) is 3.10. The highest BCUT2D eigenvalue weighted by atomic mass is 35.5. The number of hydrogen-bond acceptors (Lipinski definition) is 3. The van der Waals surface area contributed by atoms with Gasteiger partial charge in [-0.25, -0.2) is 0 Å². The second-order valence-corrected chi connectivity index (χ2v) is 4.14. The fraction of sp³-hybridized carbons (Fsp3) is 0.375. The Labute approximate surface area is 81.2 Å². The maximum atomic E-state index is 8.98. The van der Waals surface area contributed by atoms with Crippen molar-refractivity contribution in [2.24, 2.45) is 0 Å². The third kappa shape index (κ3) is 1.91. The van der Waals surface area contributed by atoms with Crippen molar-refractivity contribution in [2.45, 2.75) is 17.6 Å². The van der Waals surface area contributed by atoms with E-state index in [9.17, 15) is 0 Å². The van der Waals surface area contributed by atoms with Crippen LogP contribution in [-0.2, 0) is 4.21 Å². The highest BCUT2D eigenvalue weighted by Gasteiger charge is 2.29. The Bertz CT molecular complexity index is 238. The third-order valence-electron chi connectivity index (χ3n) is 1.65. The minimum atomic E-state index is -0.790. The van der Waals surface area contributed by atoms with Crippen molar-refractivity contribution in [1.82, 2.24) is 4.98 Å². The summed E-state index contributed by atoms with van der Waals surface area (Å²) in [7, 11) is 0. The van der Waals surface area contributed by atoms with Crippen molar-refractivity contribution >= 4 is 23.6 Å². The summed E-state index contributed by atoms with van der Waals surface area (Å²) in [5.74, 6) is 0. The first kappa shape index (κ1) is 9.84. The van der Waals surface area contributed by atoms with Crippen LogP contribution in [0.2, 0.25) is 0 Å². The molecule has 0 aromatic carbocycles. The van der Waals surface area contributed by atoms with Gasteiger partial charge >= 0.3 is 0 Å². The zero-order chi connectivity index (χ0) is 9.03. The molecule has 0 fully saturated rings. The maximum absolute atomic E-state index is 8.98. The lowest BCUT2D eigenvalue weighted by molar-refractivity contribution is 0.628. The van der Waals surface area contributed by atoms with Crippen LogP contribution in [0.3, 0.4) is 0 Å². The molecule has 1 N–H and O–H groups in total. The summed E-state index contributed by atoms with van der Waals surface area (Å²) in [6.45, 7) is 1.91. The van der Waals surface area contributed by atoms with Crippen LogP contribution < -0.4 is 0 Å². The summed E-state index contributed by atoms with van der Waals surface area (Å²) < 4.78 is 8.19. The van der Waals surface area contributed by atoms with Crippen molar-refractivity contribution in [2.75, 3.05) is 0 Å². The fourth-order valence-electron chi connectivity index (χ4n) is 0.876. The van der Waals surface area contributed by atoms with Gasteiger partial charge in [0.25, 0.3) is 0 Å². The van der Waals surface area contributed by atoms with Gasteiger partial charge in [0.15, 0.2) is 4.21 Å². The first-order valence-electron chi connectivity index (χ1n) is 3.66. The molecule has 0 bridgehead atoms. The van der Waals surface area contributed by atoms with Gasteiger partial charge in [-0.2, -0.15) is 0 Å². The average Bonchev–Trinajstić information content (AvgIpc) is 2.18. The van der Waals surface area contributed by atoms with Crippen molar-refractivity contribution in [3.8, 4) is 0 Å². The van der Waals surface area contributed by atoms with E-state index in [0.717, 1.165) is 0 Å². The molecule has 1 unspecified atom stereocenters. The van der Waals surface area contributed by atoms with Gasteiger partial charge in [0.1, 0.15) is 0 Å². The highest BCUT2D eigenvalue weighted by molar-refractivity contribution is 7.96. The van der Waals surface area contributed by atoms with E-state index in [-0.39, 0.29) is 0 Å². The van der Waals surface area contributed by atoms with E-state index in [1.54, 1.807) is 12.3 Å². The molecule has 2 nitrogen and oxygen atoms in total. The fourth-order valence-corrected chi connectivity index (χ4v) is 1.33. The zero-order valence-corrected chi connectivity index (χ0v) is 8.27. The Balaban J connectivity index is 2.95. The zero-order valence-electron chi connectivity index (χ0n) is 6.70. The molecule has 0 radical (unpaired) electrons. The van der Waals surface area contributed by atoms with Crippen LogP contribution in [0, 0.1) is 0 Å². The summed E-state index contributed by atoms with van der Waals surface area (Å²) in [5.41, 5.74) is 0.696. The summed E-state index contributed by atoms with van der Waals surface area (Å²) in [6.07, 6.45) is 2.30. The van der Waals surface area contributed by atoms with Crippen LogP contribution in [0.5, 0.6) is 0 Å². The number of pyridine rings is 1. The number of rotatable bonds is 3. The second-order valence-electron chi connectivity index (χ2n) is 2.39. The number of halogens is 1. The van der Waals surface area contributed by atoms with Crippen LogP contribution in [0.4, 0.5) is 0 Å². The molecule has 1 atom stereocenters. The summed E-state index contributed by atoms with van der Waals surface area (Å²) >= 11 is 6.71. The molecule has 1 heterocycles. The molecule has 66 valence electrons. The minimum Gasteiger partial charge on any atom is -0.328 e. The number of hydrogen-bond donors (Lipinski definition) is 1. The molecule has 1 rings (SSSR count). The molecule has 0 amide bonds. The van der Waals surface area contributed by atoms with Gasteiger partial charge in [-0.15, -0.1) is 0 Å². The lowest BCUT2D eigenvalue weighted by atomic mass is 10.2. The van der Waals surface area contributed by atoms with E-state index in [2.05, 4.69) is 4.98 Å². The van der Waals surface area contributed by atoms with E-state index in [1.807, 2.05) is 19.1 Å². The monoisotopic (exact) mass is 203 g/mol. The number of aromatic nitrogens is 1. The van der Waals surface area contributed by atoms with Gasteiger partial charge < -0.3 is 4.55 Å². The lowest BCUT2D eigenvalue weighted by Crippen LogP contribution is -2.13. The molecular weight excluding hydrogens is 194 g/mol. The lowest BCUT2D eigenvalue weighted by Gasteiger charge is -2.19. The Morgan fingerprint density at radius 2 is 2.42 bits per heavy atom. The van der Waals surface area contributed by atoms with Gasteiger partial charge in [0.05, 0.1) is 5.69 Å². The predicted octanol–water partition coefficient (Wildman–Crippen LogP) is 3.09. The Hall–Kier alpha value is -0.250. The molecule has 4 heteroatoms. The topological polar surface area (TPSA) is 33.1 Å². The van der Waals surface area contributed by atoms with Crippen LogP contribution in [0.1, 0.15) is 19.0 Å². The molecule has 0 aliphatic rings. The van der Waals surface area contributed by atoms with Crippen molar-refractivity contribution in [1.29, 1.82) is 0 Å². The molecule has 0 spiro atoms. The smallest absolute Gasteiger partial charge is 0.157 e. The first-order valence-corrected chi connectivity index (χ1v) is 4.81. The summed E-state index contributed by atoms with van der Waals surface area (Å²) in [6, 6.07) is 5.48. The second kappa shape index (κ2) is 4.12. The van der Waals surface area contributed by atoms with Gasteiger partial charge in [-0.3, -0.25) is 4.98 Å². The molecule has 0 aliphatic carbocycles. The number of nitrogens with zero attached hydrogens (tertiary/aromatic N) is 1. The average molecular weight is 204 g/mol. The minimum absolute atomic E-state index is 0.628. The van der Waals surface area contributed by atoms with Crippen LogP contribution in [-0.4, -0.2) is 9.54 Å². The normalized spacial score (nSPS) is 15.6. The SMILES string of the molecule is CCC(Cl)(SO)c1ccccn1. The molecule has 1 aromatic heterocycles. The van der Waals surface area contributed by atoms with Crippen LogP contribution in [0.25, 0.3) is 0 Å². The molecule has 0 aliphatic heterocycles. The standard InChI is InChI=1S/C8H10ClNOS/c1-2-8(9,12-11)7-5-3-4-6-10-7/h3-6,11H,2H2,1H3. The van der Waals surface area contributed by atoms with Crippen LogP contribution in [0.15, 0.2) is 24.4 Å². The van der Waals surface area contributed by atoms with Gasteiger partial charge in [0.2, 0.25) is 0 Å². The van der Waals surface area contributed by atoms with Gasteiger partial charge in [-0.05, 0) is 18.6 Å². The van der Waals surface area contributed by atoms with Crippen molar-refractivity contribution < 1.29 is 4.55 Å². The molecule has 0 saturated carbocycles. The van der Waals surface area contributed by atoms with E-state index < -0.39 is 4.21 Å². The quantitative estimate of drug-likeness (QED) is 0.606. The molecule has 1 aromatic rings. The maximum Gasteiger partial charge on any atom is 0.157 e. The van der Waals surface area contributed by atoms with Gasteiger partial charge in [-0.1, -0.05) is 24.6 Å². The predicted molar refractivity (Wildman–Crippen MR) is 52.3 cm³/mol. The van der Waals surface area contributed by atoms with E-state index in [0.29, 0.717) is 24.2 Å². The van der Waals surface area contributed by atoms with E-state index >= 15 is 0 Å². The number of alkyl halides is 1. The van der Waals surface area contributed by atoms with E-state index in [4.69, 9.17) is 16.2 Å².